The van der Waals surface area contributed by atoms with Crippen LogP contribution in [-0.4, -0.2) is 28.7 Å². The summed E-state index contributed by atoms with van der Waals surface area (Å²) in [7, 11) is 0. The van der Waals surface area contributed by atoms with E-state index >= 15 is 0 Å². The lowest BCUT2D eigenvalue weighted by Gasteiger charge is -2.16. The first-order valence-corrected chi connectivity index (χ1v) is 9.92. The zero-order valence-corrected chi connectivity index (χ0v) is 16.9. The Morgan fingerprint density at radius 3 is 2.45 bits per heavy atom. The van der Waals surface area contributed by atoms with Gasteiger partial charge in [-0.05, 0) is 29.3 Å². The van der Waals surface area contributed by atoms with Crippen molar-refractivity contribution in [3.8, 4) is 0 Å². The van der Waals surface area contributed by atoms with E-state index in [9.17, 15) is 14.4 Å². The fourth-order valence-electron chi connectivity index (χ4n) is 3.63. The third kappa shape index (κ3) is 4.45. The van der Waals surface area contributed by atoms with Crippen LogP contribution >= 0.6 is 0 Å². The average molecular weight is 415 g/mol. The van der Waals surface area contributed by atoms with Crippen LogP contribution in [0.4, 0.5) is 0 Å². The van der Waals surface area contributed by atoms with Crippen LogP contribution in [0.1, 0.15) is 24.2 Å². The average Bonchev–Trinajstić information content (AvgIpc) is 2.79. The first-order chi connectivity index (χ1) is 15.0. The topological polar surface area (TPSA) is 101 Å². The van der Waals surface area contributed by atoms with Crippen LogP contribution in [0.15, 0.2) is 71.5 Å². The molecule has 1 heterocycles. The number of aromatic nitrogens is 2. The van der Waals surface area contributed by atoms with E-state index in [2.05, 4.69) is 15.5 Å². The summed E-state index contributed by atoms with van der Waals surface area (Å²) in [5.41, 5.74) is 1.06. The van der Waals surface area contributed by atoms with Crippen LogP contribution in [0.5, 0.6) is 0 Å². The Kier molecular flexibility index (Phi) is 5.75. The maximum absolute atomic E-state index is 12.3. The Bertz CT molecular complexity index is 1320. The third-order valence-corrected chi connectivity index (χ3v) is 5.12. The van der Waals surface area contributed by atoms with Crippen molar-refractivity contribution in [2.24, 2.45) is 0 Å². The van der Waals surface area contributed by atoms with Crippen molar-refractivity contribution in [2.45, 2.75) is 19.4 Å². The summed E-state index contributed by atoms with van der Waals surface area (Å²) in [6.45, 7) is 1.49. The number of nitrogens with zero attached hydrogens (tertiary/aromatic N) is 1. The first-order valence-electron chi connectivity index (χ1n) is 9.92. The van der Waals surface area contributed by atoms with Gasteiger partial charge in [0.2, 0.25) is 0 Å². The van der Waals surface area contributed by atoms with E-state index in [4.69, 9.17) is 4.74 Å². The van der Waals surface area contributed by atoms with E-state index in [1.165, 1.54) is 0 Å². The SMILES string of the molecule is CC(NC(=O)COC(=O)Cc1n[nH]c(=O)c2ccccc12)c1cccc2ccccc12. The van der Waals surface area contributed by atoms with Crippen molar-refractivity contribution >= 4 is 33.4 Å². The van der Waals surface area contributed by atoms with E-state index < -0.39 is 18.5 Å². The van der Waals surface area contributed by atoms with Gasteiger partial charge in [-0.3, -0.25) is 14.4 Å². The molecule has 156 valence electrons. The van der Waals surface area contributed by atoms with Gasteiger partial charge in [0.1, 0.15) is 0 Å². The number of aromatic amines is 1. The molecule has 0 radical (unpaired) electrons. The van der Waals surface area contributed by atoms with Gasteiger partial charge in [0.05, 0.1) is 23.5 Å². The predicted octanol–water partition coefficient (Wildman–Crippen LogP) is 3.04. The van der Waals surface area contributed by atoms with Crippen molar-refractivity contribution < 1.29 is 14.3 Å². The number of nitrogens with one attached hydrogen (secondary N) is 2. The lowest BCUT2D eigenvalue weighted by atomic mass is 10.00. The molecule has 0 fully saturated rings. The summed E-state index contributed by atoms with van der Waals surface area (Å²) >= 11 is 0. The second-order valence-corrected chi connectivity index (χ2v) is 7.24. The summed E-state index contributed by atoms with van der Waals surface area (Å²) in [5, 5.41) is 12.4. The molecule has 0 saturated heterocycles. The summed E-state index contributed by atoms with van der Waals surface area (Å²) in [5.74, 6) is -0.995. The molecule has 3 aromatic carbocycles. The molecule has 7 heteroatoms. The fraction of sp³-hybridized carbons (Fsp3) is 0.167. The molecule has 0 spiro atoms. The molecule has 0 aliphatic heterocycles. The van der Waals surface area contributed by atoms with Gasteiger partial charge in [-0.1, -0.05) is 60.7 Å². The number of ether oxygens (including phenoxy) is 1. The number of hydrogen-bond donors (Lipinski definition) is 2. The van der Waals surface area contributed by atoms with Crippen LogP contribution < -0.4 is 10.9 Å². The number of H-pyrrole nitrogens is 1. The number of carbonyl (C=O) groups is 2. The molecule has 7 nitrogen and oxygen atoms in total. The normalized spacial score (nSPS) is 11.9. The molecule has 1 aromatic heterocycles. The highest BCUT2D eigenvalue weighted by Crippen LogP contribution is 2.24. The van der Waals surface area contributed by atoms with Crippen LogP contribution in [0, 0.1) is 0 Å². The molecule has 1 atom stereocenters. The summed E-state index contributed by atoms with van der Waals surface area (Å²) in [6.07, 6.45) is -0.149. The third-order valence-electron chi connectivity index (χ3n) is 5.12. The molecule has 1 amide bonds. The van der Waals surface area contributed by atoms with Gasteiger partial charge in [-0.2, -0.15) is 5.10 Å². The van der Waals surface area contributed by atoms with Crippen LogP contribution in [0.25, 0.3) is 21.5 Å². The molecule has 4 aromatic rings. The smallest absolute Gasteiger partial charge is 0.312 e. The number of carbonyl (C=O) groups excluding carboxylic acids is 2. The van der Waals surface area contributed by atoms with Gasteiger partial charge in [0.25, 0.3) is 11.5 Å². The highest BCUT2D eigenvalue weighted by molar-refractivity contribution is 5.89. The lowest BCUT2D eigenvalue weighted by molar-refractivity contribution is -0.148. The van der Waals surface area contributed by atoms with E-state index in [1.54, 1.807) is 24.3 Å². The summed E-state index contributed by atoms with van der Waals surface area (Å²) < 4.78 is 5.13. The van der Waals surface area contributed by atoms with Crippen molar-refractivity contribution in [1.82, 2.24) is 15.5 Å². The predicted molar refractivity (Wildman–Crippen MR) is 118 cm³/mol. The van der Waals surface area contributed by atoms with E-state index in [0.29, 0.717) is 16.5 Å². The molecular formula is C24H21N3O4. The maximum atomic E-state index is 12.3. The molecule has 0 aliphatic carbocycles. The van der Waals surface area contributed by atoms with Crippen LogP contribution in [-0.2, 0) is 20.7 Å². The van der Waals surface area contributed by atoms with Gasteiger partial charge in [-0.25, -0.2) is 5.10 Å². The zero-order chi connectivity index (χ0) is 21.8. The van der Waals surface area contributed by atoms with Crippen molar-refractivity contribution in [3.63, 3.8) is 0 Å². The summed E-state index contributed by atoms with van der Waals surface area (Å²) in [4.78, 5) is 36.4. The van der Waals surface area contributed by atoms with Gasteiger partial charge in [0, 0.05) is 5.39 Å². The molecule has 0 aliphatic rings. The van der Waals surface area contributed by atoms with Crippen LogP contribution in [0.2, 0.25) is 0 Å². The van der Waals surface area contributed by atoms with Crippen molar-refractivity contribution in [3.05, 3.63) is 88.3 Å². The minimum atomic E-state index is -0.599. The maximum Gasteiger partial charge on any atom is 0.312 e. The second-order valence-electron chi connectivity index (χ2n) is 7.24. The fourth-order valence-corrected chi connectivity index (χ4v) is 3.63. The highest BCUT2D eigenvalue weighted by atomic mass is 16.5. The number of rotatable bonds is 6. The Balaban J connectivity index is 1.37. The highest BCUT2D eigenvalue weighted by Gasteiger charge is 2.16. The first kappa shape index (κ1) is 20.3. The second kappa shape index (κ2) is 8.79. The number of benzene rings is 3. The van der Waals surface area contributed by atoms with E-state index in [1.807, 2.05) is 49.4 Å². The Hall–Kier alpha value is -4.00. The zero-order valence-electron chi connectivity index (χ0n) is 16.9. The molecule has 1 unspecified atom stereocenters. The number of amides is 1. The molecule has 31 heavy (non-hydrogen) atoms. The minimum Gasteiger partial charge on any atom is -0.455 e. The molecule has 0 bridgehead atoms. The van der Waals surface area contributed by atoms with Gasteiger partial charge >= 0.3 is 5.97 Å². The van der Waals surface area contributed by atoms with E-state index in [-0.39, 0.29) is 18.0 Å². The molecule has 4 rings (SSSR count). The molecule has 0 saturated carbocycles. The Labute approximate surface area is 178 Å². The van der Waals surface area contributed by atoms with Gasteiger partial charge < -0.3 is 10.1 Å². The standard InChI is InChI=1S/C24H21N3O4/c1-15(17-12-6-8-16-7-2-3-9-18(16)17)25-22(28)14-31-23(29)13-21-19-10-4-5-11-20(19)24(30)27-26-21/h2-12,15H,13-14H2,1H3,(H,25,28)(H,27,30). The number of hydrogen-bond acceptors (Lipinski definition) is 5. The molecular weight excluding hydrogens is 394 g/mol. The number of fused-ring (bicyclic) bond motifs is 2. The van der Waals surface area contributed by atoms with Crippen molar-refractivity contribution in [2.75, 3.05) is 6.61 Å². The quantitative estimate of drug-likeness (QED) is 0.472. The Morgan fingerprint density at radius 1 is 0.968 bits per heavy atom. The van der Waals surface area contributed by atoms with Gasteiger partial charge in [-0.15, -0.1) is 0 Å². The lowest BCUT2D eigenvalue weighted by Crippen LogP contribution is -2.31. The van der Waals surface area contributed by atoms with Crippen molar-refractivity contribution in [1.29, 1.82) is 0 Å². The van der Waals surface area contributed by atoms with Crippen LogP contribution in [0.3, 0.4) is 0 Å². The van der Waals surface area contributed by atoms with E-state index in [0.717, 1.165) is 16.3 Å². The molecule has 2 N–H and O–H groups in total. The van der Waals surface area contributed by atoms with Gasteiger partial charge in [0.15, 0.2) is 6.61 Å². The largest absolute Gasteiger partial charge is 0.455 e. The minimum absolute atomic E-state index is 0.149. The number of esters is 1. The summed E-state index contributed by atoms with van der Waals surface area (Å²) in [6, 6.07) is 20.5. The Morgan fingerprint density at radius 2 is 1.65 bits per heavy atom. The monoisotopic (exact) mass is 415 g/mol.